The quantitative estimate of drug-likeness (QED) is 0.599. The summed E-state index contributed by atoms with van der Waals surface area (Å²) < 4.78 is 19.6. The van der Waals surface area contributed by atoms with Gasteiger partial charge < -0.3 is 10.1 Å². The molecule has 150 valence electrons. The molecule has 1 N–H and O–H groups in total. The van der Waals surface area contributed by atoms with Crippen molar-refractivity contribution >= 4 is 17.5 Å². The Kier molecular flexibility index (Phi) is 6.61. The van der Waals surface area contributed by atoms with Gasteiger partial charge in [-0.2, -0.15) is 5.10 Å². The molecule has 0 saturated carbocycles. The Bertz CT molecular complexity index is 1070. The van der Waals surface area contributed by atoms with Crippen molar-refractivity contribution in [2.45, 2.75) is 13.0 Å². The van der Waals surface area contributed by atoms with Gasteiger partial charge in [-0.15, -0.1) is 0 Å². The maximum Gasteiger partial charge on any atom is 0.266 e. The number of benzene rings is 2. The largest absolute Gasteiger partial charge is 0.496 e. The lowest BCUT2D eigenvalue weighted by molar-refractivity contribution is 0.0949. The summed E-state index contributed by atoms with van der Waals surface area (Å²) in [4.78, 5) is 24.4. The Labute approximate surface area is 171 Å². The van der Waals surface area contributed by atoms with Crippen molar-refractivity contribution in [3.63, 3.8) is 0 Å². The predicted octanol–water partition coefficient (Wildman–Crippen LogP) is 3.53. The maximum absolute atomic E-state index is 13.1. The van der Waals surface area contributed by atoms with Gasteiger partial charge >= 0.3 is 0 Å². The molecule has 0 saturated heterocycles. The van der Waals surface area contributed by atoms with Gasteiger partial charge in [0.2, 0.25) is 0 Å². The molecule has 0 radical (unpaired) electrons. The molecule has 6 nitrogen and oxygen atoms in total. The minimum atomic E-state index is -0.339. The first kappa shape index (κ1) is 20.5. The Morgan fingerprint density at radius 1 is 1.17 bits per heavy atom. The maximum atomic E-state index is 13.1. The molecular weight excluding hydrogens is 397 g/mol. The fraction of sp³-hybridized carbons (Fsp3) is 0.190. The fourth-order valence-corrected chi connectivity index (χ4v) is 2.94. The SMILES string of the molecule is COc1ccc(Cl)cc1C(=O)NCCCn1nc(-c2ccc(F)cc2)ccc1=O. The van der Waals surface area contributed by atoms with Gasteiger partial charge in [-0.3, -0.25) is 9.59 Å². The van der Waals surface area contributed by atoms with Crippen molar-refractivity contribution in [3.05, 3.63) is 81.4 Å². The van der Waals surface area contributed by atoms with Crippen LogP contribution in [0.4, 0.5) is 4.39 Å². The van der Waals surface area contributed by atoms with Crippen LogP contribution in [-0.4, -0.2) is 29.3 Å². The number of nitrogens with zero attached hydrogens (tertiary/aromatic N) is 2. The van der Waals surface area contributed by atoms with Crippen LogP contribution in [0, 0.1) is 5.82 Å². The Balaban J connectivity index is 1.61. The predicted molar refractivity (Wildman–Crippen MR) is 109 cm³/mol. The number of rotatable bonds is 7. The summed E-state index contributed by atoms with van der Waals surface area (Å²) in [6.07, 6.45) is 0.494. The van der Waals surface area contributed by atoms with Crippen LogP contribution in [0.1, 0.15) is 16.8 Å². The number of amides is 1. The molecule has 0 aliphatic carbocycles. The zero-order valence-electron chi connectivity index (χ0n) is 15.7. The van der Waals surface area contributed by atoms with Gasteiger partial charge in [0.15, 0.2) is 0 Å². The van der Waals surface area contributed by atoms with Crippen LogP contribution in [0.15, 0.2) is 59.4 Å². The van der Waals surface area contributed by atoms with E-state index in [0.29, 0.717) is 47.1 Å². The van der Waals surface area contributed by atoms with Gasteiger partial charge in [0.25, 0.3) is 11.5 Å². The first-order valence-electron chi connectivity index (χ1n) is 8.94. The molecule has 0 aliphatic heterocycles. The Morgan fingerprint density at radius 2 is 1.93 bits per heavy atom. The number of hydrogen-bond acceptors (Lipinski definition) is 4. The average Bonchev–Trinajstić information content (AvgIpc) is 2.72. The molecule has 3 rings (SSSR count). The van der Waals surface area contributed by atoms with E-state index in [1.54, 1.807) is 30.3 Å². The van der Waals surface area contributed by atoms with E-state index in [1.807, 2.05) is 0 Å². The van der Waals surface area contributed by atoms with E-state index in [1.165, 1.54) is 36.1 Å². The van der Waals surface area contributed by atoms with Gasteiger partial charge in [-0.05, 0) is 55.0 Å². The number of nitrogens with one attached hydrogen (secondary N) is 1. The highest BCUT2D eigenvalue weighted by atomic mass is 35.5. The number of aromatic nitrogens is 2. The first-order chi connectivity index (χ1) is 14.0. The molecule has 0 aliphatic rings. The van der Waals surface area contributed by atoms with Crippen LogP contribution in [0.5, 0.6) is 5.75 Å². The average molecular weight is 416 g/mol. The zero-order chi connectivity index (χ0) is 20.8. The molecule has 0 spiro atoms. The number of aryl methyl sites for hydroxylation is 1. The normalized spacial score (nSPS) is 10.6. The lowest BCUT2D eigenvalue weighted by Crippen LogP contribution is -2.28. The summed E-state index contributed by atoms with van der Waals surface area (Å²) in [7, 11) is 1.48. The van der Waals surface area contributed by atoms with Crippen molar-refractivity contribution < 1.29 is 13.9 Å². The summed E-state index contributed by atoms with van der Waals surface area (Å²) in [6.45, 7) is 0.657. The van der Waals surface area contributed by atoms with Gasteiger partial charge in [0.05, 0.1) is 18.4 Å². The van der Waals surface area contributed by atoms with E-state index in [0.717, 1.165) is 0 Å². The number of carbonyl (C=O) groups is 1. The minimum absolute atomic E-state index is 0.251. The van der Waals surface area contributed by atoms with Crippen molar-refractivity contribution in [2.24, 2.45) is 0 Å². The molecule has 1 amide bonds. The number of methoxy groups -OCH3 is 1. The zero-order valence-corrected chi connectivity index (χ0v) is 16.4. The van der Waals surface area contributed by atoms with E-state index in [4.69, 9.17) is 16.3 Å². The molecule has 1 heterocycles. The summed E-state index contributed by atoms with van der Waals surface area (Å²) in [5.74, 6) is -0.226. The second kappa shape index (κ2) is 9.34. The minimum Gasteiger partial charge on any atom is -0.496 e. The molecule has 0 atom stereocenters. The molecule has 0 fully saturated rings. The van der Waals surface area contributed by atoms with Gasteiger partial charge in [0, 0.05) is 29.7 Å². The van der Waals surface area contributed by atoms with Gasteiger partial charge in [-0.1, -0.05) is 11.6 Å². The lowest BCUT2D eigenvalue weighted by Gasteiger charge is -2.10. The van der Waals surface area contributed by atoms with E-state index in [2.05, 4.69) is 10.4 Å². The highest BCUT2D eigenvalue weighted by molar-refractivity contribution is 6.31. The molecule has 1 aromatic heterocycles. The molecule has 29 heavy (non-hydrogen) atoms. The Morgan fingerprint density at radius 3 is 2.66 bits per heavy atom. The fourth-order valence-electron chi connectivity index (χ4n) is 2.77. The first-order valence-corrected chi connectivity index (χ1v) is 9.31. The highest BCUT2D eigenvalue weighted by Gasteiger charge is 2.12. The smallest absolute Gasteiger partial charge is 0.266 e. The van der Waals surface area contributed by atoms with E-state index >= 15 is 0 Å². The molecular formula is C21H19ClFN3O3. The summed E-state index contributed by atoms with van der Waals surface area (Å²) in [5.41, 5.74) is 1.37. The van der Waals surface area contributed by atoms with Crippen LogP contribution < -0.4 is 15.6 Å². The van der Waals surface area contributed by atoms with Crippen molar-refractivity contribution in [1.29, 1.82) is 0 Å². The Hall–Kier alpha value is -3.19. The van der Waals surface area contributed by atoms with Crippen molar-refractivity contribution in [3.8, 4) is 17.0 Å². The van der Waals surface area contributed by atoms with E-state index in [-0.39, 0.29) is 17.3 Å². The number of carbonyl (C=O) groups excluding carboxylic acids is 1. The second-order valence-corrected chi connectivity index (χ2v) is 6.68. The van der Waals surface area contributed by atoms with Crippen LogP contribution in [0.2, 0.25) is 5.02 Å². The van der Waals surface area contributed by atoms with Gasteiger partial charge in [-0.25, -0.2) is 9.07 Å². The van der Waals surface area contributed by atoms with Crippen LogP contribution >= 0.6 is 11.6 Å². The third-order valence-electron chi connectivity index (χ3n) is 4.25. The topological polar surface area (TPSA) is 73.2 Å². The van der Waals surface area contributed by atoms with Crippen LogP contribution in [-0.2, 0) is 6.54 Å². The number of hydrogen-bond donors (Lipinski definition) is 1. The van der Waals surface area contributed by atoms with Gasteiger partial charge in [0.1, 0.15) is 11.6 Å². The molecule has 0 unspecified atom stereocenters. The standard InChI is InChI=1S/C21H19ClFN3O3/c1-29-19-9-5-15(22)13-17(19)21(28)24-11-2-12-26-20(27)10-8-18(25-26)14-3-6-16(23)7-4-14/h3-10,13H,2,11-12H2,1H3,(H,24,28). The summed E-state index contributed by atoms with van der Waals surface area (Å²) in [5, 5.41) is 7.53. The van der Waals surface area contributed by atoms with Crippen LogP contribution in [0.25, 0.3) is 11.3 Å². The summed E-state index contributed by atoms with van der Waals surface area (Å²) in [6, 6.07) is 13.7. The lowest BCUT2D eigenvalue weighted by atomic mass is 10.1. The third-order valence-corrected chi connectivity index (χ3v) is 4.48. The van der Waals surface area contributed by atoms with Crippen LogP contribution in [0.3, 0.4) is 0 Å². The van der Waals surface area contributed by atoms with Crippen molar-refractivity contribution in [2.75, 3.05) is 13.7 Å². The van der Waals surface area contributed by atoms with E-state index < -0.39 is 0 Å². The molecule has 3 aromatic rings. The highest BCUT2D eigenvalue weighted by Crippen LogP contribution is 2.22. The third kappa shape index (κ3) is 5.20. The molecule has 2 aromatic carbocycles. The second-order valence-electron chi connectivity index (χ2n) is 6.24. The molecule has 8 heteroatoms. The van der Waals surface area contributed by atoms with Crippen molar-refractivity contribution in [1.82, 2.24) is 15.1 Å². The number of halogens is 2. The molecule has 0 bridgehead atoms. The number of ether oxygens (including phenoxy) is 1. The monoisotopic (exact) mass is 415 g/mol. The summed E-state index contributed by atoms with van der Waals surface area (Å²) >= 11 is 5.95. The van der Waals surface area contributed by atoms with E-state index in [9.17, 15) is 14.0 Å².